The molecular weight excluding hydrogens is 316 g/mol. The smallest absolute Gasteiger partial charge is 0.225 e. The van der Waals surface area contributed by atoms with E-state index in [1.54, 1.807) is 7.05 Å². The normalized spacial score (nSPS) is 20.4. The lowest BCUT2D eigenvalue weighted by atomic mass is 9.90. The predicted octanol–water partition coefficient (Wildman–Crippen LogP) is 2.01. The molecule has 3 rings (SSSR count). The van der Waals surface area contributed by atoms with Crippen LogP contribution in [0.5, 0.6) is 0 Å². The van der Waals surface area contributed by atoms with E-state index >= 15 is 0 Å². The number of fused-ring (bicyclic) bond motifs is 1. The first-order chi connectivity index (χ1) is 12.3. The topological polar surface area (TPSA) is 74.8 Å². The molecule has 1 amide bonds. The molecule has 0 saturated heterocycles. The number of guanidine groups is 1. The minimum Gasteiger partial charge on any atom is -0.377 e. The van der Waals surface area contributed by atoms with Crippen molar-refractivity contribution in [3.05, 3.63) is 41.5 Å². The van der Waals surface area contributed by atoms with Gasteiger partial charge in [-0.25, -0.2) is 0 Å². The van der Waals surface area contributed by atoms with Crippen LogP contribution in [0.15, 0.2) is 40.9 Å². The molecule has 0 fully saturated rings. The number of ether oxygens (including phenoxy) is 1. The van der Waals surface area contributed by atoms with E-state index in [-0.39, 0.29) is 11.8 Å². The van der Waals surface area contributed by atoms with Gasteiger partial charge in [0, 0.05) is 38.2 Å². The lowest BCUT2D eigenvalue weighted by molar-refractivity contribution is -0.116. The Labute approximate surface area is 148 Å². The van der Waals surface area contributed by atoms with E-state index in [9.17, 15) is 4.79 Å². The Balaban J connectivity index is 1.49. The molecule has 0 bridgehead atoms. The van der Waals surface area contributed by atoms with Gasteiger partial charge in [0.05, 0.1) is 13.2 Å². The number of amides is 1. The third-order valence-electron chi connectivity index (χ3n) is 4.64. The highest BCUT2D eigenvalue weighted by Crippen LogP contribution is 2.31. The molecule has 1 aromatic rings. The van der Waals surface area contributed by atoms with Crippen LogP contribution >= 0.6 is 0 Å². The highest BCUT2D eigenvalue weighted by atomic mass is 16.5. The van der Waals surface area contributed by atoms with Crippen molar-refractivity contribution in [3.8, 4) is 0 Å². The van der Waals surface area contributed by atoms with Crippen LogP contribution in [-0.4, -0.2) is 45.2 Å². The molecule has 0 aliphatic carbocycles. The van der Waals surface area contributed by atoms with Gasteiger partial charge in [-0.2, -0.15) is 0 Å². The van der Waals surface area contributed by atoms with Crippen molar-refractivity contribution in [1.82, 2.24) is 10.6 Å². The van der Waals surface area contributed by atoms with Crippen molar-refractivity contribution in [2.75, 3.05) is 38.7 Å². The van der Waals surface area contributed by atoms with Crippen molar-refractivity contribution in [2.45, 2.75) is 25.2 Å². The van der Waals surface area contributed by atoms with Crippen LogP contribution in [-0.2, 0) is 9.53 Å². The summed E-state index contributed by atoms with van der Waals surface area (Å²) in [5.41, 5.74) is 3.53. The van der Waals surface area contributed by atoms with Crippen molar-refractivity contribution >= 4 is 17.6 Å². The Morgan fingerprint density at radius 2 is 2.24 bits per heavy atom. The van der Waals surface area contributed by atoms with E-state index in [2.05, 4.69) is 33.1 Å². The number of nitrogens with one attached hydrogen (secondary N) is 3. The maximum Gasteiger partial charge on any atom is 0.225 e. The monoisotopic (exact) mass is 342 g/mol. The zero-order valence-electron chi connectivity index (χ0n) is 14.7. The molecule has 6 nitrogen and oxygen atoms in total. The molecule has 134 valence electrons. The maximum absolute atomic E-state index is 11.9. The molecule has 2 aliphatic heterocycles. The van der Waals surface area contributed by atoms with Crippen LogP contribution in [0.4, 0.5) is 5.69 Å². The summed E-state index contributed by atoms with van der Waals surface area (Å²) in [6.07, 6.45) is 4.67. The predicted molar refractivity (Wildman–Crippen MR) is 99.9 cm³/mol. The second kappa shape index (κ2) is 8.67. The van der Waals surface area contributed by atoms with Crippen LogP contribution in [0.2, 0.25) is 0 Å². The Morgan fingerprint density at radius 3 is 3.04 bits per heavy atom. The van der Waals surface area contributed by atoms with Gasteiger partial charge in [0.25, 0.3) is 0 Å². The van der Waals surface area contributed by atoms with Crippen molar-refractivity contribution in [1.29, 1.82) is 0 Å². The molecule has 1 unspecified atom stereocenters. The Kier molecular flexibility index (Phi) is 6.06. The van der Waals surface area contributed by atoms with Crippen LogP contribution in [0.3, 0.4) is 0 Å². The van der Waals surface area contributed by atoms with Gasteiger partial charge in [-0.15, -0.1) is 0 Å². The average molecular weight is 342 g/mol. The van der Waals surface area contributed by atoms with E-state index in [4.69, 9.17) is 4.74 Å². The Morgan fingerprint density at radius 1 is 1.36 bits per heavy atom. The lowest BCUT2D eigenvalue weighted by Crippen LogP contribution is -2.41. The molecule has 0 radical (unpaired) electrons. The molecule has 1 atom stereocenters. The van der Waals surface area contributed by atoms with Crippen LogP contribution in [0, 0.1) is 0 Å². The maximum atomic E-state index is 11.9. The van der Waals surface area contributed by atoms with E-state index < -0.39 is 0 Å². The number of hydrogen-bond donors (Lipinski definition) is 3. The number of aliphatic imine (C=N–C) groups is 1. The fourth-order valence-electron chi connectivity index (χ4n) is 3.26. The number of carbonyl (C=O) groups excluding carboxylic acids is 1. The first-order valence-corrected chi connectivity index (χ1v) is 8.85. The van der Waals surface area contributed by atoms with Gasteiger partial charge in [0.1, 0.15) is 0 Å². The van der Waals surface area contributed by atoms with Gasteiger partial charge in [0.15, 0.2) is 5.96 Å². The molecule has 0 saturated carbocycles. The van der Waals surface area contributed by atoms with Gasteiger partial charge >= 0.3 is 0 Å². The molecule has 6 heteroatoms. The minimum atomic E-state index is 0.0694. The molecule has 2 heterocycles. The summed E-state index contributed by atoms with van der Waals surface area (Å²) in [4.78, 5) is 16.2. The van der Waals surface area contributed by atoms with Gasteiger partial charge in [-0.3, -0.25) is 9.79 Å². The second-order valence-corrected chi connectivity index (χ2v) is 6.35. The number of benzene rings is 1. The van der Waals surface area contributed by atoms with E-state index in [1.165, 1.54) is 11.1 Å². The summed E-state index contributed by atoms with van der Waals surface area (Å²) < 4.78 is 5.33. The van der Waals surface area contributed by atoms with Crippen LogP contribution < -0.4 is 16.0 Å². The summed E-state index contributed by atoms with van der Waals surface area (Å²) in [6.45, 7) is 3.07. The SMILES string of the molecule is CN=C(NCCC1=CCOCC1)NCC1CC(=O)Nc2ccccc21. The number of hydrogen-bond acceptors (Lipinski definition) is 3. The highest BCUT2D eigenvalue weighted by molar-refractivity contribution is 5.94. The quantitative estimate of drug-likeness (QED) is 0.435. The molecule has 2 aliphatic rings. The largest absolute Gasteiger partial charge is 0.377 e. The first-order valence-electron chi connectivity index (χ1n) is 8.85. The lowest BCUT2D eigenvalue weighted by Gasteiger charge is -2.26. The molecule has 1 aromatic carbocycles. The number of para-hydroxylation sites is 1. The molecule has 0 aromatic heterocycles. The summed E-state index contributed by atoms with van der Waals surface area (Å²) >= 11 is 0. The molecule has 0 spiro atoms. The third-order valence-corrected chi connectivity index (χ3v) is 4.64. The highest BCUT2D eigenvalue weighted by Gasteiger charge is 2.24. The second-order valence-electron chi connectivity index (χ2n) is 6.35. The van der Waals surface area contributed by atoms with Gasteiger partial charge in [-0.05, 0) is 24.5 Å². The Bertz CT molecular complexity index is 669. The summed E-state index contributed by atoms with van der Waals surface area (Å²) in [5, 5.41) is 9.63. The third kappa shape index (κ3) is 4.82. The summed E-state index contributed by atoms with van der Waals surface area (Å²) in [5.74, 6) is 0.998. The average Bonchev–Trinajstić information content (AvgIpc) is 2.65. The van der Waals surface area contributed by atoms with Crippen LogP contribution in [0.25, 0.3) is 0 Å². The minimum absolute atomic E-state index is 0.0694. The number of nitrogens with zero attached hydrogens (tertiary/aromatic N) is 1. The Hall–Kier alpha value is -2.34. The van der Waals surface area contributed by atoms with Crippen molar-refractivity contribution in [2.24, 2.45) is 4.99 Å². The fraction of sp³-hybridized carbons (Fsp3) is 0.474. The zero-order valence-corrected chi connectivity index (χ0v) is 14.7. The van der Waals surface area contributed by atoms with Crippen molar-refractivity contribution in [3.63, 3.8) is 0 Å². The zero-order chi connectivity index (χ0) is 17.5. The first kappa shape index (κ1) is 17.5. The van der Waals surface area contributed by atoms with Gasteiger partial charge in [0.2, 0.25) is 5.91 Å². The van der Waals surface area contributed by atoms with Gasteiger partial charge in [-0.1, -0.05) is 29.8 Å². The number of carbonyl (C=O) groups is 1. The van der Waals surface area contributed by atoms with Gasteiger partial charge < -0.3 is 20.7 Å². The fourth-order valence-corrected chi connectivity index (χ4v) is 3.26. The van der Waals surface area contributed by atoms with E-state index in [0.717, 1.165) is 44.2 Å². The van der Waals surface area contributed by atoms with E-state index in [0.29, 0.717) is 13.0 Å². The number of anilines is 1. The van der Waals surface area contributed by atoms with E-state index in [1.807, 2.05) is 18.2 Å². The van der Waals surface area contributed by atoms with Crippen LogP contribution in [0.1, 0.15) is 30.7 Å². The summed E-state index contributed by atoms with van der Waals surface area (Å²) in [6, 6.07) is 7.99. The molecular formula is C19H26N4O2. The number of rotatable bonds is 5. The standard InChI is InChI=1S/C19H26N4O2/c1-20-19(21-9-6-14-7-10-25-11-8-14)22-13-15-12-18(24)23-17-5-3-2-4-16(15)17/h2-5,7,15H,6,8-13H2,1H3,(H,23,24)(H2,20,21,22). The van der Waals surface area contributed by atoms with Crippen molar-refractivity contribution < 1.29 is 9.53 Å². The molecule has 25 heavy (non-hydrogen) atoms. The summed E-state index contributed by atoms with van der Waals surface area (Å²) in [7, 11) is 1.77. The molecule has 3 N–H and O–H groups in total.